The lowest BCUT2D eigenvalue weighted by molar-refractivity contribution is -0.129. The highest BCUT2D eigenvalue weighted by molar-refractivity contribution is 7.99. The lowest BCUT2D eigenvalue weighted by Crippen LogP contribution is -2.39. The zero-order chi connectivity index (χ0) is 15.1. The highest BCUT2D eigenvalue weighted by Crippen LogP contribution is 2.22. The Morgan fingerprint density at radius 3 is 2.52 bits per heavy atom. The van der Waals surface area contributed by atoms with Crippen LogP contribution in [0.2, 0.25) is 0 Å². The van der Waals surface area contributed by atoms with Gasteiger partial charge in [0.15, 0.2) is 0 Å². The van der Waals surface area contributed by atoms with E-state index >= 15 is 0 Å². The van der Waals surface area contributed by atoms with Gasteiger partial charge in [0.25, 0.3) is 0 Å². The van der Waals surface area contributed by atoms with Crippen LogP contribution in [0.15, 0.2) is 30.3 Å². The minimum absolute atomic E-state index is 0.332. The first-order valence-electron chi connectivity index (χ1n) is 8.04. The third-order valence-electron chi connectivity index (χ3n) is 4.01. The number of benzene rings is 1. The molecule has 0 aromatic heterocycles. The molecule has 21 heavy (non-hydrogen) atoms. The lowest BCUT2D eigenvalue weighted by atomic mass is 9.90. The molecule has 1 aromatic rings. The standard InChI is InChI=1S/C18H27NOS/c1-15(2)13-21-14-18(20)19-10-8-17(9-11-19)12-16-6-4-3-5-7-16/h3-7,15,17H,8-14H2,1-2H3. The molecular formula is C18H27NOS. The second-order valence-electron chi connectivity index (χ2n) is 6.42. The summed E-state index contributed by atoms with van der Waals surface area (Å²) in [6, 6.07) is 10.7. The normalized spacial score (nSPS) is 16.4. The molecule has 1 heterocycles. The number of nitrogens with zero attached hydrogens (tertiary/aromatic N) is 1. The summed E-state index contributed by atoms with van der Waals surface area (Å²) in [5, 5.41) is 0. The maximum atomic E-state index is 12.1. The minimum Gasteiger partial charge on any atom is -0.342 e. The van der Waals surface area contributed by atoms with E-state index in [0.717, 1.165) is 44.0 Å². The van der Waals surface area contributed by atoms with Crippen molar-refractivity contribution in [3.05, 3.63) is 35.9 Å². The lowest BCUT2D eigenvalue weighted by Gasteiger charge is -2.32. The molecule has 0 bridgehead atoms. The van der Waals surface area contributed by atoms with Crippen molar-refractivity contribution < 1.29 is 4.79 Å². The van der Waals surface area contributed by atoms with Crippen LogP contribution in [0, 0.1) is 11.8 Å². The van der Waals surface area contributed by atoms with Crippen molar-refractivity contribution in [1.82, 2.24) is 4.90 Å². The second-order valence-corrected chi connectivity index (χ2v) is 7.45. The maximum Gasteiger partial charge on any atom is 0.232 e. The van der Waals surface area contributed by atoms with Crippen LogP contribution < -0.4 is 0 Å². The van der Waals surface area contributed by atoms with Gasteiger partial charge in [0.2, 0.25) is 5.91 Å². The number of piperidine rings is 1. The van der Waals surface area contributed by atoms with Gasteiger partial charge in [-0.1, -0.05) is 44.2 Å². The molecule has 0 N–H and O–H groups in total. The van der Waals surface area contributed by atoms with E-state index < -0.39 is 0 Å². The van der Waals surface area contributed by atoms with Gasteiger partial charge in [-0.05, 0) is 42.4 Å². The quantitative estimate of drug-likeness (QED) is 0.795. The van der Waals surface area contributed by atoms with E-state index in [2.05, 4.69) is 49.1 Å². The molecule has 1 saturated heterocycles. The molecule has 0 atom stereocenters. The Hall–Kier alpha value is -0.960. The van der Waals surface area contributed by atoms with E-state index in [1.165, 1.54) is 5.56 Å². The molecule has 2 rings (SSSR count). The highest BCUT2D eigenvalue weighted by Gasteiger charge is 2.22. The van der Waals surface area contributed by atoms with Crippen LogP contribution in [0.1, 0.15) is 32.3 Å². The van der Waals surface area contributed by atoms with Gasteiger partial charge in [0.05, 0.1) is 5.75 Å². The predicted octanol–water partition coefficient (Wildman–Crippen LogP) is 3.86. The van der Waals surface area contributed by atoms with Crippen molar-refractivity contribution in [2.24, 2.45) is 11.8 Å². The fraction of sp³-hybridized carbons (Fsp3) is 0.611. The topological polar surface area (TPSA) is 20.3 Å². The largest absolute Gasteiger partial charge is 0.342 e. The van der Waals surface area contributed by atoms with Crippen LogP contribution in [0.4, 0.5) is 0 Å². The Labute approximate surface area is 133 Å². The summed E-state index contributed by atoms with van der Waals surface area (Å²) in [5.74, 6) is 3.47. The fourth-order valence-electron chi connectivity index (χ4n) is 2.81. The molecule has 0 saturated carbocycles. The monoisotopic (exact) mass is 305 g/mol. The molecule has 0 aliphatic carbocycles. The number of hydrogen-bond donors (Lipinski definition) is 0. The molecule has 1 aliphatic heterocycles. The van der Waals surface area contributed by atoms with Crippen molar-refractivity contribution >= 4 is 17.7 Å². The Morgan fingerprint density at radius 2 is 1.90 bits per heavy atom. The summed E-state index contributed by atoms with van der Waals surface area (Å²) < 4.78 is 0. The Balaban J connectivity index is 1.69. The first kappa shape index (κ1) is 16.4. The van der Waals surface area contributed by atoms with Crippen molar-refractivity contribution in [3.63, 3.8) is 0 Å². The number of rotatable bonds is 6. The van der Waals surface area contributed by atoms with E-state index in [9.17, 15) is 4.79 Å². The number of likely N-dealkylation sites (tertiary alicyclic amines) is 1. The summed E-state index contributed by atoms with van der Waals surface area (Å²) >= 11 is 1.78. The average Bonchev–Trinajstić information content (AvgIpc) is 2.48. The number of carbonyl (C=O) groups excluding carboxylic acids is 1. The fourth-order valence-corrected chi connectivity index (χ4v) is 3.75. The van der Waals surface area contributed by atoms with Gasteiger partial charge in [0, 0.05) is 13.1 Å². The van der Waals surface area contributed by atoms with Gasteiger partial charge >= 0.3 is 0 Å². The molecule has 116 valence electrons. The number of hydrogen-bond acceptors (Lipinski definition) is 2. The predicted molar refractivity (Wildman–Crippen MR) is 91.6 cm³/mol. The summed E-state index contributed by atoms with van der Waals surface area (Å²) in [6.45, 7) is 6.29. The average molecular weight is 305 g/mol. The number of thioether (sulfide) groups is 1. The van der Waals surface area contributed by atoms with Crippen LogP contribution in [-0.4, -0.2) is 35.4 Å². The Bertz CT molecular complexity index is 424. The van der Waals surface area contributed by atoms with E-state index in [0.29, 0.717) is 17.6 Å². The van der Waals surface area contributed by atoms with E-state index in [-0.39, 0.29) is 0 Å². The van der Waals surface area contributed by atoms with E-state index in [1.807, 2.05) is 0 Å². The molecular weight excluding hydrogens is 278 g/mol. The summed E-state index contributed by atoms with van der Waals surface area (Å²) in [6.07, 6.45) is 3.45. The van der Waals surface area contributed by atoms with Crippen molar-refractivity contribution in [2.75, 3.05) is 24.6 Å². The van der Waals surface area contributed by atoms with Gasteiger partial charge in [-0.3, -0.25) is 4.79 Å². The van der Waals surface area contributed by atoms with Crippen molar-refractivity contribution in [2.45, 2.75) is 33.1 Å². The molecule has 1 amide bonds. The SMILES string of the molecule is CC(C)CSCC(=O)N1CCC(Cc2ccccc2)CC1. The van der Waals surface area contributed by atoms with E-state index in [4.69, 9.17) is 0 Å². The van der Waals surface area contributed by atoms with Crippen molar-refractivity contribution in [3.8, 4) is 0 Å². The molecule has 1 aliphatic rings. The van der Waals surface area contributed by atoms with Gasteiger partial charge in [-0.25, -0.2) is 0 Å². The van der Waals surface area contributed by atoms with Gasteiger partial charge in [-0.15, -0.1) is 0 Å². The van der Waals surface area contributed by atoms with Gasteiger partial charge < -0.3 is 4.90 Å². The highest BCUT2D eigenvalue weighted by atomic mass is 32.2. The third-order valence-corrected chi connectivity index (χ3v) is 5.36. The first-order valence-corrected chi connectivity index (χ1v) is 9.20. The van der Waals surface area contributed by atoms with Gasteiger partial charge in [0.1, 0.15) is 0 Å². The Kier molecular flexibility index (Phi) is 6.62. The van der Waals surface area contributed by atoms with Crippen LogP contribution in [0.5, 0.6) is 0 Å². The van der Waals surface area contributed by atoms with Crippen LogP contribution in [-0.2, 0) is 11.2 Å². The summed E-state index contributed by atoms with van der Waals surface area (Å²) in [4.78, 5) is 14.2. The van der Waals surface area contributed by atoms with Crippen LogP contribution in [0.25, 0.3) is 0 Å². The maximum absolute atomic E-state index is 12.1. The summed E-state index contributed by atoms with van der Waals surface area (Å²) in [5.41, 5.74) is 1.43. The molecule has 0 unspecified atom stereocenters. The smallest absolute Gasteiger partial charge is 0.232 e. The molecule has 3 heteroatoms. The molecule has 2 nitrogen and oxygen atoms in total. The molecule has 1 aromatic carbocycles. The van der Waals surface area contributed by atoms with Crippen LogP contribution in [0.3, 0.4) is 0 Å². The first-order chi connectivity index (χ1) is 10.1. The third kappa shape index (κ3) is 5.74. The van der Waals surface area contributed by atoms with Crippen molar-refractivity contribution in [1.29, 1.82) is 0 Å². The molecule has 0 spiro atoms. The second kappa shape index (κ2) is 8.47. The zero-order valence-electron chi connectivity index (χ0n) is 13.3. The minimum atomic E-state index is 0.332. The molecule has 0 radical (unpaired) electrons. The number of carbonyl (C=O) groups is 1. The Morgan fingerprint density at radius 1 is 1.24 bits per heavy atom. The van der Waals surface area contributed by atoms with Gasteiger partial charge in [-0.2, -0.15) is 11.8 Å². The van der Waals surface area contributed by atoms with E-state index in [1.54, 1.807) is 11.8 Å². The molecule has 1 fully saturated rings. The summed E-state index contributed by atoms with van der Waals surface area (Å²) in [7, 11) is 0. The van der Waals surface area contributed by atoms with Crippen LogP contribution >= 0.6 is 11.8 Å². The zero-order valence-corrected chi connectivity index (χ0v) is 14.1. The number of amides is 1.